The molecule has 1 unspecified atom stereocenters. The molecule has 0 aromatic heterocycles. The zero-order chi connectivity index (χ0) is 12.3. The average Bonchev–Trinajstić information content (AvgIpc) is 2.53. The van der Waals surface area contributed by atoms with Crippen LogP contribution in [0.25, 0.3) is 0 Å². The summed E-state index contributed by atoms with van der Waals surface area (Å²) in [6.45, 7) is 3.26. The SMILES string of the molecule is CCC(C(=O)O)N1CCCOc2ccccc21. The Morgan fingerprint density at radius 1 is 1.53 bits per heavy atom. The Kier molecular flexibility index (Phi) is 3.52. The van der Waals surface area contributed by atoms with E-state index < -0.39 is 12.0 Å². The van der Waals surface area contributed by atoms with Crippen molar-refractivity contribution in [3.63, 3.8) is 0 Å². The Balaban J connectivity index is 2.37. The number of benzene rings is 1. The fourth-order valence-electron chi connectivity index (χ4n) is 2.21. The summed E-state index contributed by atoms with van der Waals surface area (Å²) in [6, 6.07) is 7.16. The smallest absolute Gasteiger partial charge is 0.326 e. The van der Waals surface area contributed by atoms with E-state index in [1.165, 1.54) is 0 Å². The second kappa shape index (κ2) is 5.08. The van der Waals surface area contributed by atoms with Gasteiger partial charge in [0, 0.05) is 6.54 Å². The number of rotatable bonds is 3. The number of hydrogen-bond donors (Lipinski definition) is 1. The van der Waals surface area contributed by atoms with Crippen LogP contribution in [0.5, 0.6) is 5.75 Å². The van der Waals surface area contributed by atoms with E-state index in [-0.39, 0.29) is 0 Å². The predicted molar refractivity (Wildman–Crippen MR) is 65.6 cm³/mol. The largest absolute Gasteiger partial charge is 0.491 e. The van der Waals surface area contributed by atoms with E-state index in [0.29, 0.717) is 13.0 Å². The van der Waals surface area contributed by atoms with Crippen LogP contribution in [-0.4, -0.2) is 30.3 Å². The number of ether oxygens (including phenoxy) is 1. The molecule has 1 heterocycles. The number of aliphatic carboxylic acids is 1. The molecular weight excluding hydrogens is 218 g/mol. The van der Waals surface area contributed by atoms with Gasteiger partial charge in [0.1, 0.15) is 11.8 Å². The van der Waals surface area contributed by atoms with Crippen LogP contribution >= 0.6 is 0 Å². The Hall–Kier alpha value is -1.71. The molecule has 1 N–H and O–H groups in total. The Bertz CT molecular complexity index is 405. The van der Waals surface area contributed by atoms with Crippen molar-refractivity contribution >= 4 is 11.7 Å². The van der Waals surface area contributed by atoms with Gasteiger partial charge in [-0.05, 0) is 25.0 Å². The van der Waals surface area contributed by atoms with Crippen molar-refractivity contribution in [1.29, 1.82) is 0 Å². The van der Waals surface area contributed by atoms with Gasteiger partial charge in [0.25, 0.3) is 0 Å². The fraction of sp³-hybridized carbons (Fsp3) is 0.462. The van der Waals surface area contributed by atoms with Crippen molar-refractivity contribution < 1.29 is 14.6 Å². The van der Waals surface area contributed by atoms with Crippen molar-refractivity contribution in [2.45, 2.75) is 25.8 Å². The van der Waals surface area contributed by atoms with Gasteiger partial charge in [0.15, 0.2) is 0 Å². The highest BCUT2D eigenvalue weighted by Gasteiger charge is 2.27. The molecule has 0 radical (unpaired) electrons. The first kappa shape index (κ1) is 11.8. The van der Waals surface area contributed by atoms with E-state index in [9.17, 15) is 9.90 Å². The highest BCUT2D eigenvalue weighted by atomic mass is 16.5. The molecule has 1 aliphatic heterocycles. The van der Waals surface area contributed by atoms with E-state index in [1.54, 1.807) is 0 Å². The third-order valence-corrected chi connectivity index (χ3v) is 3.02. The molecule has 1 atom stereocenters. The lowest BCUT2D eigenvalue weighted by Crippen LogP contribution is -2.41. The third kappa shape index (κ3) is 2.35. The molecule has 17 heavy (non-hydrogen) atoms. The van der Waals surface area contributed by atoms with Gasteiger partial charge in [-0.15, -0.1) is 0 Å². The summed E-state index contributed by atoms with van der Waals surface area (Å²) in [7, 11) is 0. The van der Waals surface area contributed by atoms with Gasteiger partial charge in [-0.1, -0.05) is 19.1 Å². The minimum absolute atomic E-state index is 0.474. The number of para-hydroxylation sites is 2. The molecule has 0 saturated carbocycles. The summed E-state index contributed by atoms with van der Waals surface area (Å²) in [5.74, 6) is 0.00824. The molecule has 0 saturated heterocycles. The van der Waals surface area contributed by atoms with Crippen LogP contribution in [0, 0.1) is 0 Å². The third-order valence-electron chi connectivity index (χ3n) is 3.02. The van der Waals surface area contributed by atoms with Gasteiger partial charge >= 0.3 is 5.97 Å². The van der Waals surface area contributed by atoms with Gasteiger partial charge < -0.3 is 14.7 Å². The molecule has 0 aliphatic carbocycles. The van der Waals surface area contributed by atoms with Gasteiger partial charge in [-0.3, -0.25) is 0 Å². The van der Waals surface area contributed by atoms with Crippen molar-refractivity contribution in [1.82, 2.24) is 0 Å². The molecule has 92 valence electrons. The maximum absolute atomic E-state index is 11.3. The number of carboxylic acid groups (broad SMARTS) is 1. The lowest BCUT2D eigenvalue weighted by Gasteiger charge is -2.29. The van der Waals surface area contributed by atoms with Gasteiger partial charge in [-0.2, -0.15) is 0 Å². The topological polar surface area (TPSA) is 49.8 Å². The van der Waals surface area contributed by atoms with E-state index in [2.05, 4.69) is 0 Å². The van der Waals surface area contributed by atoms with Crippen LogP contribution in [0.2, 0.25) is 0 Å². The van der Waals surface area contributed by atoms with Crippen molar-refractivity contribution in [3.05, 3.63) is 24.3 Å². The summed E-state index contributed by atoms with van der Waals surface area (Å²) >= 11 is 0. The molecule has 0 fully saturated rings. The number of fused-ring (bicyclic) bond motifs is 1. The lowest BCUT2D eigenvalue weighted by atomic mass is 10.1. The zero-order valence-electron chi connectivity index (χ0n) is 9.93. The monoisotopic (exact) mass is 235 g/mol. The lowest BCUT2D eigenvalue weighted by molar-refractivity contribution is -0.138. The molecule has 0 bridgehead atoms. The number of anilines is 1. The molecule has 1 aromatic rings. The Morgan fingerprint density at radius 2 is 2.29 bits per heavy atom. The number of carboxylic acids is 1. The quantitative estimate of drug-likeness (QED) is 0.872. The summed E-state index contributed by atoms with van der Waals surface area (Å²) < 4.78 is 5.62. The standard InChI is InChI=1S/C13H17NO3/c1-2-10(13(15)16)14-8-5-9-17-12-7-4-3-6-11(12)14/h3-4,6-7,10H,2,5,8-9H2,1H3,(H,15,16). The first-order valence-corrected chi connectivity index (χ1v) is 5.95. The Morgan fingerprint density at radius 3 is 3.00 bits per heavy atom. The first-order chi connectivity index (χ1) is 8.24. The summed E-state index contributed by atoms with van der Waals surface area (Å²) in [6.07, 6.45) is 1.43. The molecule has 1 aliphatic rings. The normalized spacial score (nSPS) is 16.6. The zero-order valence-corrected chi connectivity index (χ0v) is 9.93. The van der Waals surface area contributed by atoms with Crippen LogP contribution in [0.1, 0.15) is 19.8 Å². The fourth-order valence-corrected chi connectivity index (χ4v) is 2.21. The first-order valence-electron chi connectivity index (χ1n) is 5.95. The van der Waals surface area contributed by atoms with Crippen LogP contribution in [0.3, 0.4) is 0 Å². The molecule has 4 heteroatoms. The number of carbonyl (C=O) groups is 1. The van der Waals surface area contributed by atoms with E-state index in [1.807, 2.05) is 36.1 Å². The molecule has 0 amide bonds. The van der Waals surface area contributed by atoms with Gasteiger partial charge in [-0.25, -0.2) is 4.79 Å². The van der Waals surface area contributed by atoms with E-state index >= 15 is 0 Å². The predicted octanol–water partition coefficient (Wildman–Crippen LogP) is 2.14. The van der Waals surface area contributed by atoms with Crippen molar-refractivity contribution in [3.8, 4) is 5.75 Å². The highest BCUT2D eigenvalue weighted by molar-refractivity contribution is 5.79. The highest BCUT2D eigenvalue weighted by Crippen LogP contribution is 2.32. The van der Waals surface area contributed by atoms with Crippen LogP contribution < -0.4 is 9.64 Å². The summed E-state index contributed by atoms with van der Waals surface area (Å²) in [4.78, 5) is 13.2. The molecule has 2 rings (SSSR count). The second-order valence-corrected chi connectivity index (χ2v) is 4.13. The molecular formula is C13H17NO3. The average molecular weight is 235 g/mol. The minimum atomic E-state index is -0.774. The Labute approximate surface area is 101 Å². The molecule has 1 aromatic carbocycles. The van der Waals surface area contributed by atoms with Crippen LogP contribution in [-0.2, 0) is 4.79 Å². The maximum atomic E-state index is 11.3. The van der Waals surface area contributed by atoms with Crippen LogP contribution in [0.15, 0.2) is 24.3 Å². The van der Waals surface area contributed by atoms with Crippen molar-refractivity contribution in [2.24, 2.45) is 0 Å². The van der Waals surface area contributed by atoms with Crippen LogP contribution in [0.4, 0.5) is 5.69 Å². The number of nitrogens with zero attached hydrogens (tertiary/aromatic N) is 1. The van der Waals surface area contributed by atoms with Crippen molar-refractivity contribution in [2.75, 3.05) is 18.1 Å². The van der Waals surface area contributed by atoms with E-state index in [0.717, 1.165) is 24.4 Å². The summed E-state index contributed by atoms with van der Waals surface area (Å²) in [5, 5.41) is 9.26. The maximum Gasteiger partial charge on any atom is 0.326 e. The van der Waals surface area contributed by atoms with Gasteiger partial charge in [0.05, 0.1) is 12.3 Å². The summed E-state index contributed by atoms with van der Waals surface area (Å²) in [5.41, 5.74) is 0.888. The second-order valence-electron chi connectivity index (χ2n) is 4.13. The minimum Gasteiger partial charge on any atom is -0.491 e. The molecule has 0 spiro atoms. The number of hydrogen-bond acceptors (Lipinski definition) is 3. The molecule has 4 nitrogen and oxygen atoms in total. The van der Waals surface area contributed by atoms with Gasteiger partial charge in [0.2, 0.25) is 0 Å². The van der Waals surface area contributed by atoms with E-state index in [4.69, 9.17) is 4.74 Å².